The summed E-state index contributed by atoms with van der Waals surface area (Å²) in [7, 11) is 0. The van der Waals surface area contributed by atoms with Crippen molar-refractivity contribution in [2.24, 2.45) is 5.73 Å². The van der Waals surface area contributed by atoms with E-state index in [0.717, 1.165) is 12.0 Å². The van der Waals surface area contributed by atoms with Crippen molar-refractivity contribution in [3.8, 4) is 12.3 Å². The van der Waals surface area contributed by atoms with Gasteiger partial charge in [-0.2, -0.15) is 0 Å². The van der Waals surface area contributed by atoms with E-state index in [1.807, 2.05) is 12.1 Å². The van der Waals surface area contributed by atoms with Crippen molar-refractivity contribution in [3.63, 3.8) is 0 Å². The van der Waals surface area contributed by atoms with Gasteiger partial charge in [-0.3, -0.25) is 4.98 Å². The molecular formula is C9H10N2. The number of terminal acetylenes is 1. The van der Waals surface area contributed by atoms with Gasteiger partial charge in [0, 0.05) is 12.4 Å². The lowest BCUT2D eigenvalue weighted by Crippen LogP contribution is -2.19. The second-order valence-corrected chi connectivity index (χ2v) is 2.33. The maximum atomic E-state index is 5.55. The highest BCUT2D eigenvalue weighted by Gasteiger charge is 1.97. The summed E-state index contributed by atoms with van der Waals surface area (Å²) in [5, 5.41) is 0. The third-order valence-electron chi connectivity index (χ3n) is 1.42. The van der Waals surface area contributed by atoms with Gasteiger partial charge in [-0.25, -0.2) is 0 Å². The van der Waals surface area contributed by atoms with Gasteiger partial charge in [0.2, 0.25) is 0 Å². The smallest absolute Gasteiger partial charge is 0.0702 e. The van der Waals surface area contributed by atoms with Gasteiger partial charge in [-0.1, -0.05) is 5.92 Å². The normalized spacial score (nSPS) is 12.0. The van der Waals surface area contributed by atoms with E-state index in [9.17, 15) is 0 Å². The van der Waals surface area contributed by atoms with Gasteiger partial charge in [0.25, 0.3) is 0 Å². The molecule has 0 fully saturated rings. The number of nitrogens with zero attached hydrogens (tertiary/aromatic N) is 1. The van der Waals surface area contributed by atoms with Gasteiger partial charge in [0.1, 0.15) is 0 Å². The lowest BCUT2D eigenvalue weighted by atomic mass is 10.1. The summed E-state index contributed by atoms with van der Waals surface area (Å²) in [6, 6.07) is 3.64. The minimum absolute atomic E-state index is 0.183. The minimum atomic E-state index is -0.183. The predicted octanol–water partition coefficient (Wildman–Crippen LogP) is 0.585. The van der Waals surface area contributed by atoms with E-state index in [4.69, 9.17) is 12.2 Å². The molecule has 56 valence electrons. The number of aromatic nitrogens is 1. The van der Waals surface area contributed by atoms with Gasteiger partial charge in [-0.05, 0) is 24.1 Å². The Morgan fingerprint density at radius 2 is 2.18 bits per heavy atom. The molecule has 0 radical (unpaired) electrons. The zero-order valence-corrected chi connectivity index (χ0v) is 6.20. The zero-order valence-electron chi connectivity index (χ0n) is 6.20. The number of hydrogen-bond donors (Lipinski definition) is 1. The number of nitrogens with two attached hydrogens (primary N) is 1. The van der Waals surface area contributed by atoms with Crippen molar-refractivity contribution in [3.05, 3.63) is 30.1 Å². The standard InChI is InChI=1S/C9H10N2/c1-2-9(10)7-8-3-5-11-6-4-8/h1,3-6,9H,7,10H2. The fourth-order valence-electron chi connectivity index (χ4n) is 0.832. The Morgan fingerprint density at radius 1 is 1.55 bits per heavy atom. The van der Waals surface area contributed by atoms with Crippen LogP contribution in [0.25, 0.3) is 0 Å². The molecule has 2 nitrogen and oxygen atoms in total. The molecule has 0 aliphatic rings. The third kappa shape index (κ3) is 2.40. The summed E-state index contributed by atoms with van der Waals surface area (Å²) in [6.45, 7) is 0. The Bertz CT molecular complexity index is 248. The molecule has 1 heterocycles. The largest absolute Gasteiger partial charge is 0.317 e. The zero-order chi connectivity index (χ0) is 8.10. The van der Waals surface area contributed by atoms with Crippen molar-refractivity contribution in [1.82, 2.24) is 4.98 Å². The van der Waals surface area contributed by atoms with Crippen LogP contribution in [0.4, 0.5) is 0 Å². The van der Waals surface area contributed by atoms with Crippen molar-refractivity contribution in [2.75, 3.05) is 0 Å². The highest BCUT2D eigenvalue weighted by Crippen LogP contribution is 1.98. The van der Waals surface area contributed by atoms with Gasteiger partial charge in [0.05, 0.1) is 6.04 Å². The summed E-state index contributed by atoms with van der Waals surface area (Å²) in [6.07, 6.45) is 9.32. The molecule has 0 saturated heterocycles. The topological polar surface area (TPSA) is 38.9 Å². The molecular weight excluding hydrogens is 136 g/mol. The van der Waals surface area contributed by atoms with Crippen LogP contribution in [0.1, 0.15) is 5.56 Å². The molecule has 0 aliphatic carbocycles. The Hall–Kier alpha value is -1.33. The molecule has 2 heteroatoms. The van der Waals surface area contributed by atoms with Crippen LogP contribution in [-0.2, 0) is 6.42 Å². The van der Waals surface area contributed by atoms with Crippen LogP contribution in [-0.4, -0.2) is 11.0 Å². The van der Waals surface area contributed by atoms with Crippen LogP contribution in [0, 0.1) is 12.3 Å². The molecule has 0 saturated carbocycles. The van der Waals surface area contributed by atoms with E-state index < -0.39 is 0 Å². The molecule has 1 rings (SSSR count). The molecule has 0 aliphatic heterocycles. The van der Waals surface area contributed by atoms with Gasteiger partial charge < -0.3 is 5.73 Å². The average molecular weight is 146 g/mol. The highest BCUT2D eigenvalue weighted by atomic mass is 14.6. The van der Waals surface area contributed by atoms with Gasteiger partial charge >= 0.3 is 0 Å². The molecule has 0 aromatic carbocycles. The first kappa shape index (κ1) is 7.77. The molecule has 1 atom stereocenters. The van der Waals surface area contributed by atoms with Crippen LogP contribution in [0.5, 0.6) is 0 Å². The molecule has 0 bridgehead atoms. The summed E-state index contributed by atoms with van der Waals surface area (Å²) in [5.74, 6) is 2.47. The Morgan fingerprint density at radius 3 is 2.73 bits per heavy atom. The summed E-state index contributed by atoms with van der Waals surface area (Å²) in [4.78, 5) is 3.89. The lowest BCUT2D eigenvalue weighted by Gasteiger charge is -2.02. The van der Waals surface area contributed by atoms with E-state index in [-0.39, 0.29) is 6.04 Å². The SMILES string of the molecule is C#CC(N)Cc1ccncc1. The van der Waals surface area contributed by atoms with Crippen LogP contribution in [0.2, 0.25) is 0 Å². The number of pyridine rings is 1. The lowest BCUT2D eigenvalue weighted by molar-refractivity contribution is 0.834. The number of hydrogen-bond acceptors (Lipinski definition) is 2. The van der Waals surface area contributed by atoms with Gasteiger partial charge in [-0.15, -0.1) is 6.42 Å². The summed E-state index contributed by atoms with van der Waals surface area (Å²) >= 11 is 0. The monoisotopic (exact) mass is 146 g/mol. The maximum absolute atomic E-state index is 5.55. The minimum Gasteiger partial charge on any atom is -0.317 e. The van der Waals surface area contributed by atoms with Crippen molar-refractivity contribution in [2.45, 2.75) is 12.5 Å². The average Bonchev–Trinajstić information content (AvgIpc) is 2.06. The van der Waals surface area contributed by atoms with E-state index in [2.05, 4.69) is 10.9 Å². The van der Waals surface area contributed by atoms with Gasteiger partial charge in [0.15, 0.2) is 0 Å². The van der Waals surface area contributed by atoms with Crippen LogP contribution >= 0.6 is 0 Å². The van der Waals surface area contributed by atoms with Crippen LogP contribution in [0.15, 0.2) is 24.5 Å². The summed E-state index contributed by atoms with van der Waals surface area (Å²) in [5.41, 5.74) is 6.68. The van der Waals surface area contributed by atoms with E-state index >= 15 is 0 Å². The van der Waals surface area contributed by atoms with E-state index in [0.29, 0.717) is 0 Å². The van der Waals surface area contributed by atoms with Crippen LogP contribution in [0.3, 0.4) is 0 Å². The van der Waals surface area contributed by atoms with E-state index in [1.54, 1.807) is 12.4 Å². The van der Waals surface area contributed by atoms with E-state index in [1.165, 1.54) is 0 Å². The molecule has 2 N–H and O–H groups in total. The Balaban J connectivity index is 2.60. The molecule has 11 heavy (non-hydrogen) atoms. The molecule has 1 aromatic heterocycles. The summed E-state index contributed by atoms with van der Waals surface area (Å²) < 4.78 is 0. The first-order chi connectivity index (χ1) is 5.33. The highest BCUT2D eigenvalue weighted by molar-refractivity contribution is 5.14. The Kier molecular flexibility index (Phi) is 2.65. The second kappa shape index (κ2) is 3.75. The van der Waals surface area contributed by atoms with Crippen molar-refractivity contribution < 1.29 is 0 Å². The number of rotatable bonds is 2. The molecule has 1 aromatic rings. The second-order valence-electron chi connectivity index (χ2n) is 2.33. The van der Waals surface area contributed by atoms with Crippen molar-refractivity contribution in [1.29, 1.82) is 0 Å². The first-order valence-corrected chi connectivity index (χ1v) is 3.43. The first-order valence-electron chi connectivity index (χ1n) is 3.43. The Labute approximate surface area is 66.4 Å². The maximum Gasteiger partial charge on any atom is 0.0702 e. The molecule has 0 amide bonds. The fraction of sp³-hybridized carbons (Fsp3) is 0.222. The van der Waals surface area contributed by atoms with Crippen molar-refractivity contribution >= 4 is 0 Å². The quantitative estimate of drug-likeness (QED) is 0.620. The third-order valence-corrected chi connectivity index (χ3v) is 1.42. The predicted molar refractivity (Wildman–Crippen MR) is 44.7 cm³/mol. The fourth-order valence-corrected chi connectivity index (χ4v) is 0.832. The van der Waals surface area contributed by atoms with Crippen LogP contribution < -0.4 is 5.73 Å². The molecule has 0 spiro atoms. The molecule has 1 unspecified atom stereocenters.